The van der Waals surface area contributed by atoms with Crippen LogP contribution in [0.2, 0.25) is 0 Å². The van der Waals surface area contributed by atoms with Crippen molar-refractivity contribution in [2.75, 3.05) is 18.1 Å². The third kappa shape index (κ3) is 6.16. The first kappa shape index (κ1) is 23.0. The number of nitrogens with one attached hydrogen (secondary N) is 1. The Hall–Kier alpha value is -2.68. The van der Waals surface area contributed by atoms with Gasteiger partial charge in [0.05, 0.1) is 11.4 Å². The van der Waals surface area contributed by atoms with E-state index in [2.05, 4.69) is 5.32 Å². The monoisotopic (exact) mass is 458 g/mol. The maximum absolute atomic E-state index is 13.3. The fourth-order valence-corrected chi connectivity index (χ4v) is 4.78. The highest BCUT2D eigenvalue weighted by molar-refractivity contribution is 7.98. The Kier molecular flexibility index (Phi) is 7.48. The second-order valence-electron chi connectivity index (χ2n) is 6.99. The van der Waals surface area contributed by atoms with E-state index in [4.69, 9.17) is 0 Å². The maximum Gasteiger partial charge on any atom is 0.243 e. The Morgan fingerprint density at radius 3 is 2.35 bits per heavy atom. The van der Waals surface area contributed by atoms with Crippen LogP contribution in [0, 0.1) is 12.7 Å². The number of anilines is 1. The van der Waals surface area contributed by atoms with Crippen LogP contribution in [0.5, 0.6) is 0 Å². The number of nitrogens with zero attached hydrogens (tertiary/aromatic N) is 1. The molecule has 0 atom stereocenters. The molecule has 0 saturated heterocycles. The number of amides is 1. The number of hydrogen-bond donors (Lipinski definition) is 1. The fraction of sp³-hybridized carbons (Fsp3) is 0.174. The zero-order valence-corrected chi connectivity index (χ0v) is 18.8. The van der Waals surface area contributed by atoms with Crippen LogP contribution in [0.4, 0.5) is 10.1 Å². The summed E-state index contributed by atoms with van der Waals surface area (Å²) in [4.78, 5) is 13.8. The molecule has 0 aliphatic rings. The highest BCUT2D eigenvalue weighted by atomic mass is 32.2. The standard InChI is InChI=1S/C23H23FN2O3S2/c1-17-6-12-22(13-7-17)31(28,29)26(15-18-8-10-19(24)11-9-18)16-23(27)25-20-4-3-5-21(14-20)30-2/h3-14H,15-16H2,1-2H3,(H,25,27). The quantitative estimate of drug-likeness (QED) is 0.498. The van der Waals surface area contributed by atoms with Gasteiger partial charge >= 0.3 is 0 Å². The predicted octanol–water partition coefficient (Wildman–Crippen LogP) is 4.69. The molecule has 3 aromatic rings. The summed E-state index contributed by atoms with van der Waals surface area (Å²) in [6.07, 6.45) is 1.93. The van der Waals surface area contributed by atoms with Gasteiger partial charge in [0.25, 0.3) is 0 Å². The van der Waals surface area contributed by atoms with Gasteiger partial charge in [0, 0.05) is 17.1 Å². The second-order valence-corrected chi connectivity index (χ2v) is 9.81. The van der Waals surface area contributed by atoms with Crippen LogP contribution < -0.4 is 5.32 Å². The van der Waals surface area contributed by atoms with Crippen LogP contribution >= 0.6 is 11.8 Å². The highest BCUT2D eigenvalue weighted by Gasteiger charge is 2.27. The minimum absolute atomic E-state index is 0.0608. The summed E-state index contributed by atoms with van der Waals surface area (Å²) in [5.41, 5.74) is 2.09. The van der Waals surface area contributed by atoms with Crippen LogP contribution in [0.1, 0.15) is 11.1 Å². The topological polar surface area (TPSA) is 66.5 Å². The van der Waals surface area contributed by atoms with Crippen LogP contribution in [0.15, 0.2) is 82.6 Å². The molecular formula is C23H23FN2O3S2. The lowest BCUT2D eigenvalue weighted by Crippen LogP contribution is -2.37. The molecule has 3 rings (SSSR count). The van der Waals surface area contributed by atoms with Crippen molar-refractivity contribution in [3.05, 3.63) is 89.7 Å². The number of sulfonamides is 1. The van der Waals surface area contributed by atoms with Gasteiger partial charge in [0.1, 0.15) is 5.82 Å². The molecular weight excluding hydrogens is 435 g/mol. The van der Waals surface area contributed by atoms with E-state index in [0.717, 1.165) is 14.8 Å². The SMILES string of the molecule is CSc1cccc(NC(=O)CN(Cc2ccc(F)cc2)S(=O)(=O)c2ccc(C)cc2)c1. The van der Waals surface area contributed by atoms with Crippen molar-refractivity contribution >= 4 is 33.4 Å². The zero-order chi connectivity index (χ0) is 22.4. The molecule has 0 aliphatic heterocycles. The van der Waals surface area contributed by atoms with Gasteiger partial charge in [-0.25, -0.2) is 12.8 Å². The normalized spacial score (nSPS) is 11.5. The van der Waals surface area contributed by atoms with E-state index in [-0.39, 0.29) is 18.0 Å². The first-order valence-corrected chi connectivity index (χ1v) is 12.2. The second kappa shape index (κ2) is 10.1. The molecule has 0 bridgehead atoms. The van der Waals surface area contributed by atoms with E-state index >= 15 is 0 Å². The minimum atomic E-state index is -3.95. The average Bonchev–Trinajstić information content (AvgIpc) is 2.75. The lowest BCUT2D eigenvalue weighted by Gasteiger charge is -2.22. The summed E-state index contributed by atoms with van der Waals surface area (Å²) in [6, 6.07) is 19.3. The van der Waals surface area contributed by atoms with Crippen LogP contribution in [0.3, 0.4) is 0 Å². The van der Waals surface area contributed by atoms with Gasteiger partial charge < -0.3 is 5.32 Å². The van der Waals surface area contributed by atoms with Gasteiger partial charge in [0.2, 0.25) is 15.9 Å². The minimum Gasteiger partial charge on any atom is -0.325 e. The molecule has 3 aromatic carbocycles. The molecule has 1 N–H and O–H groups in total. The van der Waals surface area contributed by atoms with E-state index in [1.807, 2.05) is 31.4 Å². The third-order valence-corrected chi connectivity index (χ3v) is 7.14. The smallest absolute Gasteiger partial charge is 0.243 e. The molecule has 0 radical (unpaired) electrons. The fourth-order valence-electron chi connectivity index (χ4n) is 2.94. The number of benzene rings is 3. The van der Waals surface area contributed by atoms with Crippen molar-refractivity contribution in [3.8, 4) is 0 Å². The summed E-state index contributed by atoms with van der Waals surface area (Å²) in [5, 5.41) is 2.76. The molecule has 0 heterocycles. The van der Waals surface area contributed by atoms with Gasteiger partial charge in [-0.1, -0.05) is 35.9 Å². The average molecular weight is 459 g/mol. The molecule has 0 aromatic heterocycles. The Morgan fingerprint density at radius 1 is 1.03 bits per heavy atom. The van der Waals surface area contributed by atoms with Crippen molar-refractivity contribution in [2.45, 2.75) is 23.3 Å². The number of rotatable bonds is 8. The molecule has 0 saturated carbocycles. The summed E-state index contributed by atoms with van der Waals surface area (Å²) < 4.78 is 40.9. The van der Waals surface area contributed by atoms with Crippen molar-refractivity contribution in [3.63, 3.8) is 0 Å². The molecule has 0 spiro atoms. The zero-order valence-electron chi connectivity index (χ0n) is 17.2. The largest absolute Gasteiger partial charge is 0.325 e. The van der Waals surface area contributed by atoms with Crippen molar-refractivity contribution in [1.29, 1.82) is 0 Å². The molecule has 162 valence electrons. The first-order chi connectivity index (χ1) is 14.8. The number of hydrogen-bond acceptors (Lipinski definition) is 4. The van der Waals surface area contributed by atoms with Crippen LogP contribution in [-0.2, 0) is 21.4 Å². The Bertz CT molecular complexity index is 1150. The van der Waals surface area contributed by atoms with Crippen molar-refractivity contribution in [1.82, 2.24) is 4.31 Å². The maximum atomic E-state index is 13.3. The number of halogens is 1. The van der Waals surface area contributed by atoms with E-state index < -0.39 is 21.7 Å². The number of thioether (sulfide) groups is 1. The summed E-state index contributed by atoms with van der Waals surface area (Å²) in [7, 11) is -3.95. The number of carbonyl (C=O) groups is 1. The predicted molar refractivity (Wildman–Crippen MR) is 122 cm³/mol. The summed E-state index contributed by atoms with van der Waals surface area (Å²) in [6.45, 7) is 1.43. The Labute approximate surface area is 186 Å². The molecule has 5 nitrogen and oxygen atoms in total. The van der Waals surface area contributed by atoms with Gasteiger partial charge in [-0.3, -0.25) is 4.79 Å². The first-order valence-electron chi connectivity index (χ1n) is 9.53. The van der Waals surface area contributed by atoms with Gasteiger partial charge in [0.15, 0.2) is 0 Å². The van der Waals surface area contributed by atoms with Crippen molar-refractivity contribution in [2.24, 2.45) is 0 Å². The van der Waals surface area contributed by atoms with Crippen LogP contribution in [0.25, 0.3) is 0 Å². The van der Waals surface area contributed by atoms with Gasteiger partial charge in [-0.15, -0.1) is 11.8 Å². The lowest BCUT2D eigenvalue weighted by molar-refractivity contribution is -0.116. The highest BCUT2D eigenvalue weighted by Crippen LogP contribution is 2.21. The van der Waals surface area contributed by atoms with E-state index in [1.54, 1.807) is 30.0 Å². The molecule has 0 unspecified atom stereocenters. The van der Waals surface area contributed by atoms with E-state index in [0.29, 0.717) is 11.3 Å². The van der Waals surface area contributed by atoms with Gasteiger partial charge in [-0.05, 0) is 61.2 Å². The Morgan fingerprint density at radius 2 is 1.71 bits per heavy atom. The van der Waals surface area contributed by atoms with E-state index in [9.17, 15) is 17.6 Å². The number of carbonyl (C=O) groups excluding carboxylic acids is 1. The molecule has 31 heavy (non-hydrogen) atoms. The molecule has 0 aliphatic carbocycles. The van der Waals surface area contributed by atoms with E-state index in [1.165, 1.54) is 36.4 Å². The molecule has 1 amide bonds. The Balaban J connectivity index is 1.86. The summed E-state index contributed by atoms with van der Waals surface area (Å²) in [5.74, 6) is -0.876. The summed E-state index contributed by atoms with van der Waals surface area (Å²) >= 11 is 1.54. The van der Waals surface area contributed by atoms with Crippen LogP contribution in [-0.4, -0.2) is 31.4 Å². The lowest BCUT2D eigenvalue weighted by atomic mass is 10.2. The third-order valence-electron chi connectivity index (χ3n) is 4.60. The molecule has 0 fully saturated rings. The molecule has 8 heteroatoms. The van der Waals surface area contributed by atoms with Crippen molar-refractivity contribution < 1.29 is 17.6 Å². The number of aryl methyl sites for hydroxylation is 1. The van der Waals surface area contributed by atoms with Gasteiger partial charge in [-0.2, -0.15) is 4.31 Å².